The lowest BCUT2D eigenvalue weighted by Crippen LogP contribution is -2.25. The van der Waals surface area contributed by atoms with E-state index in [9.17, 15) is 0 Å². The zero-order valence-corrected chi connectivity index (χ0v) is 30.5. The minimum absolute atomic E-state index is 0.370. The summed E-state index contributed by atoms with van der Waals surface area (Å²) in [4.78, 5) is 0. The molecule has 0 saturated carbocycles. The van der Waals surface area contributed by atoms with E-state index in [-0.39, 0.29) is 5.41 Å². The topological polar surface area (TPSA) is 9.23 Å². The molecule has 1 nitrogen and oxygen atoms in total. The van der Waals surface area contributed by atoms with E-state index in [0.717, 1.165) is 17.1 Å². The molecule has 2 heteroatoms. The van der Waals surface area contributed by atoms with Crippen LogP contribution in [0.2, 0.25) is 0 Å². The van der Waals surface area contributed by atoms with E-state index in [2.05, 4.69) is 182 Å². The highest BCUT2D eigenvalue weighted by Crippen LogP contribution is 2.63. The molecule has 3 aliphatic rings. The molecule has 10 aromatic rings. The third kappa shape index (κ3) is 3.77. The van der Waals surface area contributed by atoms with Gasteiger partial charge in [-0.2, -0.15) is 0 Å². The molecule has 0 radical (unpaired) electrons. The van der Waals surface area contributed by atoms with E-state index in [1.165, 1.54) is 103 Å². The zero-order chi connectivity index (χ0) is 35.8. The highest BCUT2D eigenvalue weighted by atomic mass is 32.1. The predicted octanol–water partition coefficient (Wildman–Crippen LogP) is 14.7. The van der Waals surface area contributed by atoms with Crippen molar-refractivity contribution in [2.75, 3.05) is 0 Å². The van der Waals surface area contributed by atoms with Crippen LogP contribution in [0.4, 0.5) is 0 Å². The van der Waals surface area contributed by atoms with Crippen molar-refractivity contribution in [2.45, 2.75) is 5.41 Å². The Balaban J connectivity index is 0.996. The van der Waals surface area contributed by atoms with Gasteiger partial charge in [-0.1, -0.05) is 146 Å². The Kier molecular flexibility index (Phi) is 5.77. The maximum Gasteiger partial charge on any atom is 0.135 e. The van der Waals surface area contributed by atoms with Crippen LogP contribution in [0.3, 0.4) is 0 Å². The zero-order valence-electron chi connectivity index (χ0n) is 29.6. The van der Waals surface area contributed by atoms with Crippen LogP contribution in [0.5, 0.6) is 11.5 Å². The van der Waals surface area contributed by atoms with Crippen LogP contribution in [0.15, 0.2) is 182 Å². The van der Waals surface area contributed by atoms with Crippen LogP contribution in [0.1, 0.15) is 22.3 Å². The summed E-state index contributed by atoms with van der Waals surface area (Å²) in [5.74, 6) is 1.81. The molecule has 2 aliphatic carbocycles. The van der Waals surface area contributed by atoms with Gasteiger partial charge < -0.3 is 4.74 Å². The number of hydrogen-bond acceptors (Lipinski definition) is 2. The largest absolute Gasteiger partial charge is 0.456 e. The molecule has 0 bridgehead atoms. The van der Waals surface area contributed by atoms with E-state index in [0.29, 0.717) is 0 Å². The van der Waals surface area contributed by atoms with Crippen LogP contribution >= 0.6 is 11.3 Å². The van der Waals surface area contributed by atoms with E-state index in [1.54, 1.807) is 0 Å². The van der Waals surface area contributed by atoms with Gasteiger partial charge in [0.2, 0.25) is 0 Å². The van der Waals surface area contributed by atoms with Crippen LogP contribution in [-0.4, -0.2) is 0 Å². The summed E-state index contributed by atoms with van der Waals surface area (Å²) in [7, 11) is 0. The van der Waals surface area contributed by atoms with Crippen LogP contribution in [0, 0.1) is 0 Å². The second-order valence-corrected chi connectivity index (χ2v) is 16.1. The van der Waals surface area contributed by atoms with E-state index in [4.69, 9.17) is 4.74 Å². The van der Waals surface area contributed by atoms with Gasteiger partial charge in [0.15, 0.2) is 0 Å². The van der Waals surface area contributed by atoms with E-state index < -0.39 is 0 Å². The second-order valence-electron chi connectivity index (χ2n) is 15.1. The lowest BCUT2D eigenvalue weighted by atomic mass is 9.70. The Bertz CT molecular complexity index is 3240. The maximum absolute atomic E-state index is 6.74. The van der Waals surface area contributed by atoms with Crippen molar-refractivity contribution in [3.8, 4) is 67.1 Å². The maximum atomic E-state index is 6.74. The molecule has 0 unspecified atom stereocenters. The first-order valence-electron chi connectivity index (χ1n) is 19.0. The Morgan fingerprint density at radius 1 is 0.345 bits per heavy atom. The first kappa shape index (κ1) is 29.7. The van der Waals surface area contributed by atoms with E-state index >= 15 is 0 Å². The van der Waals surface area contributed by atoms with Crippen LogP contribution in [-0.2, 0) is 5.41 Å². The summed E-state index contributed by atoms with van der Waals surface area (Å²) in [5.41, 5.74) is 17.6. The highest BCUT2D eigenvalue weighted by Gasteiger charge is 2.51. The van der Waals surface area contributed by atoms with Crippen molar-refractivity contribution in [1.29, 1.82) is 0 Å². The number of ether oxygens (including phenoxy) is 1. The number of hydrogen-bond donors (Lipinski definition) is 0. The SMILES string of the molecule is c1ccc2c(c1)-c1ccccc1C21c2ccccc2-c2ccc(-c3ccc4c(c3)-c3cccc5c(-c6cccc7c6sc6ccccc67)ccc(c35)O4)cc21. The molecule has 0 atom stereocenters. The van der Waals surface area contributed by atoms with Crippen molar-refractivity contribution in [3.05, 3.63) is 204 Å². The standard InChI is InChI=1S/C53H30OS/c1-5-19-44-34(11-1)35-12-2-6-20-45(35)53(44)46-21-7-3-13-36(46)37-25-23-32(30-47(37)53)31-24-27-48-43(29-31)40-16-9-15-39-33(26-28-49(54-48)51(39)40)41-17-10-18-42-38-14-4-8-22-50(38)55-52(41)42/h1-30H. The van der Waals surface area contributed by atoms with Gasteiger partial charge >= 0.3 is 0 Å². The van der Waals surface area contributed by atoms with Gasteiger partial charge in [0.1, 0.15) is 11.5 Å². The molecule has 0 N–H and O–H groups in total. The van der Waals surface area contributed by atoms with Crippen LogP contribution in [0.25, 0.3) is 86.6 Å². The molecule has 0 fully saturated rings. The fraction of sp³-hybridized carbons (Fsp3) is 0.0189. The fourth-order valence-corrected chi connectivity index (χ4v) is 11.5. The molecule has 2 heterocycles. The lowest BCUT2D eigenvalue weighted by molar-refractivity contribution is 0.487. The number of benzene rings is 9. The summed E-state index contributed by atoms with van der Waals surface area (Å²) in [6, 6.07) is 67.6. The summed E-state index contributed by atoms with van der Waals surface area (Å²) in [6.07, 6.45) is 0. The summed E-state index contributed by atoms with van der Waals surface area (Å²) < 4.78 is 9.39. The molecule has 1 aliphatic heterocycles. The molecule has 0 amide bonds. The third-order valence-electron chi connectivity index (χ3n) is 12.5. The fourth-order valence-electron chi connectivity index (χ4n) is 10.3. The van der Waals surface area contributed by atoms with Gasteiger partial charge in [-0.15, -0.1) is 11.3 Å². The van der Waals surface area contributed by atoms with E-state index in [1.807, 2.05) is 11.3 Å². The second kappa shape index (κ2) is 10.7. The first-order valence-corrected chi connectivity index (χ1v) is 19.8. The molecule has 0 saturated heterocycles. The van der Waals surface area contributed by atoms with Gasteiger partial charge in [-0.3, -0.25) is 0 Å². The first-order chi connectivity index (χ1) is 27.3. The normalized spacial score (nSPS) is 13.7. The molecular weight excluding hydrogens is 685 g/mol. The third-order valence-corrected chi connectivity index (χ3v) is 13.7. The number of thiophene rings is 1. The number of fused-ring (bicyclic) bond motifs is 15. The summed E-state index contributed by atoms with van der Waals surface area (Å²) in [6.45, 7) is 0. The summed E-state index contributed by atoms with van der Waals surface area (Å²) in [5, 5.41) is 5.02. The quantitative estimate of drug-likeness (QED) is 0.173. The van der Waals surface area contributed by atoms with Crippen molar-refractivity contribution in [1.82, 2.24) is 0 Å². The Hall–Kier alpha value is -6.74. The minimum atomic E-state index is -0.370. The number of rotatable bonds is 2. The van der Waals surface area contributed by atoms with Gasteiger partial charge in [-0.25, -0.2) is 0 Å². The molecule has 9 aromatic carbocycles. The Morgan fingerprint density at radius 3 is 1.65 bits per heavy atom. The van der Waals surface area contributed by atoms with Gasteiger partial charge in [0.05, 0.1) is 5.41 Å². The van der Waals surface area contributed by atoms with Gasteiger partial charge in [0, 0.05) is 36.7 Å². The predicted molar refractivity (Wildman–Crippen MR) is 230 cm³/mol. The monoisotopic (exact) mass is 714 g/mol. The smallest absolute Gasteiger partial charge is 0.135 e. The van der Waals surface area contributed by atoms with Gasteiger partial charge in [-0.05, 0) is 109 Å². The van der Waals surface area contributed by atoms with Crippen LogP contribution < -0.4 is 4.74 Å². The van der Waals surface area contributed by atoms with Crippen molar-refractivity contribution in [3.63, 3.8) is 0 Å². The molecular formula is C53H30OS. The minimum Gasteiger partial charge on any atom is -0.456 e. The molecule has 254 valence electrons. The summed E-state index contributed by atoms with van der Waals surface area (Å²) >= 11 is 1.88. The average Bonchev–Trinajstić information content (AvgIpc) is 3.88. The molecule has 13 rings (SSSR count). The average molecular weight is 715 g/mol. The Morgan fingerprint density at radius 2 is 0.891 bits per heavy atom. The van der Waals surface area contributed by atoms with Crippen molar-refractivity contribution in [2.24, 2.45) is 0 Å². The molecule has 1 spiro atoms. The van der Waals surface area contributed by atoms with Crippen molar-refractivity contribution < 1.29 is 4.74 Å². The van der Waals surface area contributed by atoms with Gasteiger partial charge in [0.25, 0.3) is 0 Å². The Labute approximate surface area is 322 Å². The highest BCUT2D eigenvalue weighted by molar-refractivity contribution is 7.26. The molecule has 1 aromatic heterocycles. The lowest BCUT2D eigenvalue weighted by Gasteiger charge is -2.30. The molecule has 55 heavy (non-hydrogen) atoms. The van der Waals surface area contributed by atoms with Crippen molar-refractivity contribution >= 4 is 42.3 Å².